The molecule has 4 atom stereocenters. The SMILES string of the molecule is CCc1ccc2c(c1)C1(c3ccccc3-2)c2ccccc2C2(c3ccccc3-c3ccc(C(C)(C)C)cc32)C2C=c3c(c4ccccc4c4ccccc34)=CC21. The first kappa shape index (κ1) is 32.3. The molecule has 0 N–H and O–H groups in total. The zero-order valence-electron chi connectivity index (χ0n) is 32.5. The fourth-order valence-corrected chi connectivity index (χ4v) is 12.1. The van der Waals surface area contributed by atoms with Crippen molar-refractivity contribution in [2.45, 2.75) is 50.4 Å². The van der Waals surface area contributed by atoms with Gasteiger partial charge < -0.3 is 0 Å². The van der Waals surface area contributed by atoms with Gasteiger partial charge in [-0.3, -0.25) is 0 Å². The molecule has 4 aliphatic carbocycles. The predicted octanol–water partition coefficient (Wildman–Crippen LogP) is 12.0. The zero-order chi connectivity index (χ0) is 37.6. The average molecular weight is 717 g/mol. The van der Waals surface area contributed by atoms with E-state index in [0.29, 0.717) is 0 Å². The van der Waals surface area contributed by atoms with Gasteiger partial charge in [0.1, 0.15) is 0 Å². The second kappa shape index (κ2) is 11.1. The first-order valence-electron chi connectivity index (χ1n) is 20.6. The highest BCUT2D eigenvalue weighted by Gasteiger charge is 2.64. The molecule has 0 heteroatoms. The van der Waals surface area contributed by atoms with Gasteiger partial charge in [0.25, 0.3) is 0 Å². The fourth-order valence-electron chi connectivity index (χ4n) is 12.1. The molecule has 0 nitrogen and oxygen atoms in total. The molecule has 2 spiro atoms. The van der Waals surface area contributed by atoms with Crippen molar-refractivity contribution in [3.63, 3.8) is 0 Å². The van der Waals surface area contributed by atoms with Crippen molar-refractivity contribution in [2.24, 2.45) is 11.8 Å². The van der Waals surface area contributed by atoms with E-state index in [1.165, 1.54) is 98.7 Å². The molecular formula is C56H44. The minimum absolute atomic E-state index is 0.00378. The predicted molar refractivity (Wildman–Crippen MR) is 235 cm³/mol. The maximum Gasteiger partial charge on any atom is 0.0535 e. The van der Waals surface area contributed by atoms with Crippen molar-refractivity contribution in [3.8, 4) is 22.3 Å². The molecule has 56 heavy (non-hydrogen) atoms. The van der Waals surface area contributed by atoms with Crippen LogP contribution in [0.4, 0.5) is 0 Å². The highest BCUT2D eigenvalue weighted by molar-refractivity contribution is 6.08. The highest BCUT2D eigenvalue weighted by atomic mass is 14.7. The molecule has 0 fully saturated rings. The van der Waals surface area contributed by atoms with E-state index in [4.69, 9.17) is 0 Å². The van der Waals surface area contributed by atoms with Gasteiger partial charge in [0.2, 0.25) is 0 Å². The van der Waals surface area contributed by atoms with Crippen LogP contribution in [0.25, 0.3) is 56.0 Å². The van der Waals surface area contributed by atoms with Gasteiger partial charge in [-0.2, -0.15) is 0 Å². The Morgan fingerprint density at radius 1 is 0.411 bits per heavy atom. The number of hydrogen-bond acceptors (Lipinski definition) is 0. The smallest absolute Gasteiger partial charge is 0.0535 e. The van der Waals surface area contributed by atoms with Crippen LogP contribution >= 0.6 is 0 Å². The monoisotopic (exact) mass is 716 g/mol. The zero-order valence-corrected chi connectivity index (χ0v) is 32.5. The Hall–Kier alpha value is -5.98. The molecular weight excluding hydrogens is 673 g/mol. The lowest BCUT2D eigenvalue weighted by Gasteiger charge is -2.56. The van der Waals surface area contributed by atoms with Gasteiger partial charge in [0.05, 0.1) is 10.8 Å². The lowest BCUT2D eigenvalue weighted by atomic mass is 9.45. The van der Waals surface area contributed by atoms with Gasteiger partial charge >= 0.3 is 0 Å². The molecule has 0 heterocycles. The minimum Gasteiger partial charge on any atom is -0.0707 e. The van der Waals surface area contributed by atoms with E-state index < -0.39 is 10.8 Å². The maximum absolute atomic E-state index is 2.77. The third-order valence-electron chi connectivity index (χ3n) is 14.4. The van der Waals surface area contributed by atoms with Crippen molar-refractivity contribution in [2.75, 3.05) is 0 Å². The molecule has 8 aromatic rings. The van der Waals surface area contributed by atoms with E-state index in [9.17, 15) is 0 Å². The van der Waals surface area contributed by atoms with Crippen LogP contribution in [0.5, 0.6) is 0 Å². The van der Waals surface area contributed by atoms with Crippen LogP contribution < -0.4 is 10.4 Å². The Morgan fingerprint density at radius 2 is 0.821 bits per heavy atom. The summed E-state index contributed by atoms with van der Waals surface area (Å²) >= 11 is 0. The summed E-state index contributed by atoms with van der Waals surface area (Å²) in [7, 11) is 0. The summed E-state index contributed by atoms with van der Waals surface area (Å²) in [6, 6.07) is 61.5. The summed E-state index contributed by atoms with van der Waals surface area (Å²) in [5, 5.41) is 8.10. The van der Waals surface area contributed by atoms with E-state index in [1.807, 2.05) is 0 Å². The lowest BCUT2D eigenvalue weighted by molar-refractivity contribution is 0.282. The number of fused-ring (bicyclic) bond motifs is 22. The molecule has 8 aromatic carbocycles. The number of benzene rings is 8. The third-order valence-corrected chi connectivity index (χ3v) is 14.4. The molecule has 0 saturated heterocycles. The van der Waals surface area contributed by atoms with Crippen LogP contribution in [0.3, 0.4) is 0 Å². The summed E-state index contributed by atoms with van der Waals surface area (Å²) < 4.78 is 0. The molecule has 0 saturated carbocycles. The summed E-state index contributed by atoms with van der Waals surface area (Å²) in [6.07, 6.45) is 6.54. The van der Waals surface area contributed by atoms with Gasteiger partial charge in [-0.25, -0.2) is 0 Å². The molecule has 0 aromatic heterocycles. The van der Waals surface area contributed by atoms with E-state index >= 15 is 0 Å². The van der Waals surface area contributed by atoms with Crippen molar-refractivity contribution in [1.82, 2.24) is 0 Å². The number of aryl methyl sites for hydroxylation is 1. The highest BCUT2D eigenvalue weighted by Crippen LogP contribution is 2.70. The standard InChI is InChI=1S/C56H44/c1-5-34-26-28-42-40-20-10-12-22-46(40)55(50(42)30-34)48-24-14-15-25-49(48)56(47-23-13-11-21-41(47)43-29-27-35(31-51(43)56)54(2,3)4)53-33-45-39-19-9-7-17-37(39)36-16-6-8-18-38(36)44(45)32-52(53)55/h6-33,52-53H,5H2,1-4H3. The van der Waals surface area contributed by atoms with Crippen molar-refractivity contribution < 1.29 is 0 Å². The number of rotatable bonds is 1. The number of hydrogen-bond donors (Lipinski definition) is 0. The van der Waals surface area contributed by atoms with Gasteiger partial charge in [0.15, 0.2) is 0 Å². The lowest BCUT2D eigenvalue weighted by Crippen LogP contribution is -2.56. The molecule has 0 amide bonds. The van der Waals surface area contributed by atoms with Crippen LogP contribution in [0.1, 0.15) is 72.2 Å². The van der Waals surface area contributed by atoms with Gasteiger partial charge in [-0.15, -0.1) is 0 Å². The van der Waals surface area contributed by atoms with Crippen LogP contribution in [0.2, 0.25) is 0 Å². The summed E-state index contributed by atoms with van der Waals surface area (Å²) in [5.41, 5.74) is 16.2. The van der Waals surface area contributed by atoms with Gasteiger partial charge in [-0.1, -0.05) is 198 Å². The second-order valence-corrected chi connectivity index (χ2v) is 17.8. The normalized spacial score (nSPS) is 22.1. The Morgan fingerprint density at radius 3 is 1.32 bits per heavy atom. The van der Waals surface area contributed by atoms with E-state index in [0.717, 1.165) is 6.42 Å². The quantitative estimate of drug-likeness (QED) is 0.148. The Bertz CT molecular complexity index is 3130. The molecule has 4 aliphatic rings. The molecule has 12 rings (SSSR count). The van der Waals surface area contributed by atoms with E-state index in [1.54, 1.807) is 0 Å². The van der Waals surface area contributed by atoms with Gasteiger partial charge in [0, 0.05) is 11.8 Å². The van der Waals surface area contributed by atoms with Crippen molar-refractivity contribution in [3.05, 3.63) is 213 Å². The first-order valence-corrected chi connectivity index (χ1v) is 20.6. The third kappa shape index (κ3) is 3.81. The fraction of sp³-hybridized carbons (Fsp3) is 0.179. The Balaban J connectivity index is 1.34. The summed E-state index contributed by atoms with van der Waals surface area (Å²) in [5.74, 6) is 0.220. The molecule has 268 valence electrons. The minimum atomic E-state index is -0.416. The second-order valence-electron chi connectivity index (χ2n) is 17.8. The average Bonchev–Trinajstić information content (AvgIpc) is 3.70. The molecule has 0 aliphatic heterocycles. The molecule has 0 radical (unpaired) electrons. The van der Waals surface area contributed by atoms with E-state index in [2.05, 4.69) is 198 Å². The van der Waals surface area contributed by atoms with Crippen LogP contribution in [0.15, 0.2) is 158 Å². The summed E-state index contributed by atoms with van der Waals surface area (Å²) in [6.45, 7) is 9.39. The van der Waals surface area contributed by atoms with Crippen LogP contribution in [-0.2, 0) is 22.7 Å². The van der Waals surface area contributed by atoms with Crippen molar-refractivity contribution >= 4 is 33.7 Å². The molecule has 4 unspecified atom stereocenters. The Labute approximate surface area is 329 Å². The van der Waals surface area contributed by atoms with Crippen molar-refractivity contribution in [1.29, 1.82) is 0 Å². The topological polar surface area (TPSA) is 0 Å². The molecule has 0 bridgehead atoms. The largest absolute Gasteiger partial charge is 0.0707 e. The van der Waals surface area contributed by atoms with Crippen LogP contribution in [0, 0.1) is 11.8 Å². The Kier molecular flexibility index (Phi) is 6.38. The summed E-state index contributed by atoms with van der Waals surface area (Å²) in [4.78, 5) is 0. The first-order chi connectivity index (χ1) is 27.4. The van der Waals surface area contributed by atoms with Crippen LogP contribution in [-0.4, -0.2) is 0 Å². The van der Waals surface area contributed by atoms with Gasteiger partial charge in [-0.05, 0) is 111 Å². The van der Waals surface area contributed by atoms with E-state index in [-0.39, 0.29) is 17.3 Å². The maximum atomic E-state index is 2.77.